The largest absolute Gasteiger partial charge is 1.00 e. The van der Waals surface area contributed by atoms with Gasteiger partial charge in [-0.3, -0.25) is 9.36 Å². The minimum Gasteiger partial charge on any atom is -0.772 e. The zero-order valence-corrected chi connectivity index (χ0v) is 14.0. The summed E-state index contributed by atoms with van der Waals surface area (Å²) in [6.45, 7) is -0.794. The maximum absolute atomic E-state index is 11.3. The maximum Gasteiger partial charge on any atom is 1.00 e. The SMILES string of the molecule is O=C(NCCc1ccc(O)cc1)P(=O)([O-])OCCO.[Na+]. The van der Waals surface area contributed by atoms with E-state index < -0.39 is 26.5 Å². The minimum atomic E-state index is -4.63. The molecule has 1 atom stereocenters. The summed E-state index contributed by atoms with van der Waals surface area (Å²) in [6, 6.07) is 6.33. The number of benzene rings is 1. The number of phenols is 1. The molecule has 1 amide bonds. The Bertz CT molecular complexity index is 466. The van der Waals surface area contributed by atoms with Crippen LogP contribution in [0.15, 0.2) is 24.3 Å². The Morgan fingerprint density at radius 1 is 1.35 bits per heavy atom. The van der Waals surface area contributed by atoms with E-state index in [-0.39, 0.29) is 41.9 Å². The summed E-state index contributed by atoms with van der Waals surface area (Å²) < 4.78 is 15.5. The van der Waals surface area contributed by atoms with Crippen LogP contribution < -0.4 is 39.8 Å². The van der Waals surface area contributed by atoms with Crippen molar-refractivity contribution in [1.29, 1.82) is 0 Å². The van der Waals surface area contributed by atoms with E-state index in [1.165, 1.54) is 12.1 Å². The van der Waals surface area contributed by atoms with E-state index in [1.807, 2.05) is 0 Å². The molecule has 0 bridgehead atoms. The second kappa shape index (κ2) is 9.52. The Kier molecular flexibility index (Phi) is 9.33. The Morgan fingerprint density at radius 3 is 2.50 bits per heavy atom. The Morgan fingerprint density at radius 2 is 1.95 bits per heavy atom. The fourth-order valence-electron chi connectivity index (χ4n) is 1.29. The smallest absolute Gasteiger partial charge is 0.772 e. The second-order valence-corrected chi connectivity index (χ2v) is 5.36. The van der Waals surface area contributed by atoms with Gasteiger partial charge in [0, 0.05) is 6.54 Å². The topological polar surface area (TPSA) is 119 Å². The minimum absolute atomic E-state index is 0. The fraction of sp³-hybridized carbons (Fsp3) is 0.364. The van der Waals surface area contributed by atoms with Gasteiger partial charge in [-0.15, -0.1) is 0 Å². The fourth-order valence-corrected chi connectivity index (χ4v) is 2.04. The Labute approximate surface area is 138 Å². The third-order valence-electron chi connectivity index (χ3n) is 2.23. The van der Waals surface area contributed by atoms with Crippen molar-refractivity contribution < 1.29 is 58.5 Å². The molecule has 0 saturated heterocycles. The molecule has 0 aliphatic carbocycles. The van der Waals surface area contributed by atoms with Gasteiger partial charge in [-0.1, -0.05) is 12.1 Å². The van der Waals surface area contributed by atoms with Gasteiger partial charge >= 0.3 is 29.6 Å². The molecule has 1 rings (SSSR count). The number of nitrogens with one attached hydrogen (secondary N) is 1. The van der Waals surface area contributed by atoms with Gasteiger partial charge in [-0.2, -0.15) is 0 Å². The molecule has 0 aliphatic heterocycles. The average molecular weight is 311 g/mol. The molecule has 0 aliphatic rings. The van der Waals surface area contributed by atoms with Gasteiger partial charge in [-0.05, 0) is 24.1 Å². The zero-order valence-electron chi connectivity index (χ0n) is 11.1. The number of hydrogen-bond acceptors (Lipinski definition) is 6. The number of aromatic hydroxyl groups is 1. The standard InChI is InChI=1S/C11H16NO6P.Na/c13-7-8-18-19(16,17)11(15)12-6-5-9-1-3-10(14)4-2-9;/h1-4,13-14H,5-8H2,(H,12,15)(H,16,17);/q;+1/p-1. The molecule has 0 spiro atoms. The van der Waals surface area contributed by atoms with Gasteiger partial charge in [0.2, 0.25) is 7.60 Å². The number of hydrogen-bond donors (Lipinski definition) is 3. The van der Waals surface area contributed by atoms with Crippen molar-refractivity contribution in [2.24, 2.45) is 0 Å². The zero-order chi connectivity index (χ0) is 14.3. The first kappa shape index (κ1) is 19.6. The van der Waals surface area contributed by atoms with E-state index in [0.717, 1.165) is 5.56 Å². The van der Waals surface area contributed by atoms with Gasteiger partial charge in [0.25, 0.3) is 5.65 Å². The average Bonchev–Trinajstić information content (AvgIpc) is 2.38. The Hall–Kier alpha value is -0.400. The molecule has 20 heavy (non-hydrogen) atoms. The van der Waals surface area contributed by atoms with E-state index in [0.29, 0.717) is 6.42 Å². The predicted molar refractivity (Wildman–Crippen MR) is 65.9 cm³/mol. The van der Waals surface area contributed by atoms with E-state index in [9.17, 15) is 14.3 Å². The molecular formula is C11H15NNaO6P. The van der Waals surface area contributed by atoms with Crippen LogP contribution in [0, 0.1) is 0 Å². The molecule has 3 N–H and O–H groups in total. The number of amides is 1. The maximum atomic E-state index is 11.3. The first-order chi connectivity index (χ1) is 8.95. The second-order valence-electron chi connectivity index (χ2n) is 3.70. The van der Waals surface area contributed by atoms with E-state index in [1.54, 1.807) is 12.1 Å². The summed E-state index contributed by atoms with van der Waals surface area (Å²) in [4.78, 5) is 22.5. The first-order valence-corrected chi connectivity index (χ1v) is 7.13. The number of carbonyl (C=O) groups excluding carboxylic acids is 1. The molecule has 0 heterocycles. The van der Waals surface area contributed by atoms with Crippen molar-refractivity contribution >= 4 is 13.2 Å². The number of carbonyl (C=O) groups is 1. The van der Waals surface area contributed by atoms with Gasteiger partial charge in [0.15, 0.2) is 0 Å². The third kappa shape index (κ3) is 6.85. The van der Waals surface area contributed by atoms with Gasteiger partial charge in [0.1, 0.15) is 5.75 Å². The van der Waals surface area contributed by atoms with Gasteiger partial charge in [-0.25, -0.2) is 0 Å². The van der Waals surface area contributed by atoms with Crippen LogP contribution in [0.1, 0.15) is 5.56 Å². The van der Waals surface area contributed by atoms with Crippen LogP contribution in [-0.2, 0) is 15.5 Å². The van der Waals surface area contributed by atoms with E-state index in [2.05, 4.69) is 9.84 Å². The van der Waals surface area contributed by atoms with Crippen molar-refractivity contribution in [1.82, 2.24) is 5.32 Å². The molecule has 106 valence electrons. The van der Waals surface area contributed by atoms with Crippen LogP contribution in [0.2, 0.25) is 0 Å². The predicted octanol–water partition coefficient (Wildman–Crippen LogP) is -2.79. The molecule has 0 aromatic heterocycles. The third-order valence-corrected chi connectivity index (χ3v) is 3.41. The van der Waals surface area contributed by atoms with Gasteiger partial charge < -0.3 is 24.9 Å². The van der Waals surface area contributed by atoms with Crippen LogP contribution in [0.4, 0.5) is 4.79 Å². The monoisotopic (exact) mass is 311 g/mol. The van der Waals surface area contributed by atoms with Crippen LogP contribution in [0.5, 0.6) is 5.75 Å². The summed E-state index contributed by atoms with van der Waals surface area (Å²) in [6.07, 6.45) is 0.423. The molecule has 1 aromatic carbocycles. The normalized spacial score (nSPS) is 13.1. The summed E-state index contributed by atoms with van der Waals surface area (Å²) in [5, 5.41) is 19.7. The molecular weight excluding hydrogens is 296 g/mol. The summed E-state index contributed by atoms with van der Waals surface area (Å²) >= 11 is 0. The quantitative estimate of drug-likeness (QED) is 0.370. The Balaban J connectivity index is 0.00000361. The molecule has 0 saturated carbocycles. The van der Waals surface area contributed by atoms with Crippen LogP contribution in [0.3, 0.4) is 0 Å². The summed E-state index contributed by atoms with van der Waals surface area (Å²) in [5.41, 5.74) is -0.366. The molecule has 9 heteroatoms. The summed E-state index contributed by atoms with van der Waals surface area (Å²) in [7, 11) is -4.63. The van der Waals surface area contributed by atoms with Crippen molar-refractivity contribution in [3.05, 3.63) is 29.8 Å². The first-order valence-electron chi connectivity index (χ1n) is 5.58. The van der Waals surface area contributed by atoms with Crippen LogP contribution >= 0.6 is 7.60 Å². The molecule has 1 unspecified atom stereocenters. The van der Waals surface area contributed by atoms with Crippen molar-refractivity contribution in [2.75, 3.05) is 19.8 Å². The molecule has 0 fully saturated rings. The van der Waals surface area contributed by atoms with Gasteiger partial charge in [0.05, 0.1) is 13.2 Å². The van der Waals surface area contributed by atoms with E-state index in [4.69, 9.17) is 10.2 Å². The number of phenolic OH excluding ortho intramolecular Hbond substituents is 1. The van der Waals surface area contributed by atoms with Crippen LogP contribution in [0.25, 0.3) is 0 Å². The van der Waals surface area contributed by atoms with Crippen molar-refractivity contribution in [3.63, 3.8) is 0 Å². The summed E-state index contributed by atoms with van der Waals surface area (Å²) in [5.74, 6) is 0.134. The molecule has 0 radical (unpaired) electrons. The molecule has 1 aromatic rings. The van der Waals surface area contributed by atoms with E-state index >= 15 is 0 Å². The number of aliphatic hydroxyl groups is 1. The number of aliphatic hydroxyl groups excluding tert-OH is 1. The van der Waals surface area contributed by atoms with Crippen molar-refractivity contribution in [2.45, 2.75) is 6.42 Å². The van der Waals surface area contributed by atoms with Crippen molar-refractivity contribution in [3.8, 4) is 5.75 Å². The number of rotatable bonds is 7. The molecule has 7 nitrogen and oxygen atoms in total. The van der Waals surface area contributed by atoms with Crippen LogP contribution in [-0.4, -0.2) is 35.6 Å².